The summed E-state index contributed by atoms with van der Waals surface area (Å²) in [5.74, 6) is 0. The third-order valence-corrected chi connectivity index (χ3v) is 3.96. The van der Waals surface area contributed by atoms with Gasteiger partial charge in [-0.3, -0.25) is 0 Å². The lowest BCUT2D eigenvalue weighted by Gasteiger charge is -2.31. The fourth-order valence-electron chi connectivity index (χ4n) is 2.03. The van der Waals surface area contributed by atoms with E-state index >= 15 is 0 Å². The number of hydrogen-bond donors (Lipinski definition) is 1. The van der Waals surface area contributed by atoms with Crippen LogP contribution < -0.4 is 5.32 Å². The molecule has 1 heterocycles. The Kier molecular flexibility index (Phi) is 6.12. The van der Waals surface area contributed by atoms with Gasteiger partial charge in [0.25, 0.3) is 0 Å². The Balaban J connectivity index is 2.40. The first-order valence-electron chi connectivity index (χ1n) is 6.45. The van der Waals surface area contributed by atoms with Crippen LogP contribution in [-0.2, 0) is 6.54 Å². The lowest BCUT2D eigenvalue weighted by molar-refractivity contribution is 0.196. The van der Waals surface area contributed by atoms with Crippen molar-refractivity contribution in [3.05, 3.63) is 21.3 Å². The molecule has 0 atom stereocenters. The van der Waals surface area contributed by atoms with Gasteiger partial charge in [0, 0.05) is 30.6 Å². The van der Waals surface area contributed by atoms with Crippen LogP contribution >= 0.6 is 22.9 Å². The monoisotopic (exact) mass is 288 g/mol. The van der Waals surface area contributed by atoms with E-state index in [1.54, 1.807) is 11.3 Å². The Morgan fingerprint density at radius 3 is 2.56 bits per heavy atom. The van der Waals surface area contributed by atoms with Crippen LogP contribution in [0.5, 0.6) is 0 Å². The van der Waals surface area contributed by atoms with Crippen molar-refractivity contribution in [3.63, 3.8) is 0 Å². The van der Waals surface area contributed by atoms with E-state index in [0.717, 1.165) is 24.0 Å². The van der Waals surface area contributed by atoms with Gasteiger partial charge in [0.1, 0.15) is 0 Å². The summed E-state index contributed by atoms with van der Waals surface area (Å²) in [4.78, 5) is 3.69. The average Bonchev–Trinajstić information content (AvgIpc) is 2.60. The molecule has 0 fully saturated rings. The second-order valence-electron chi connectivity index (χ2n) is 6.08. The Morgan fingerprint density at radius 2 is 2.06 bits per heavy atom. The predicted octanol–water partition coefficient (Wildman–Crippen LogP) is 3.86. The van der Waals surface area contributed by atoms with Crippen LogP contribution in [0.4, 0.5) is 0 Å². The summed E-state index contributed by atoms with van der Waals surface area (Å²) < 4.78 is 0.874. The highest BCUT2D eigenvalue weighted by atomic mass is 35.5. The fraction of sp³-hybridized carbons (Fsp3) is 0.714. The Morgan fingerprint density at radius 1 is 1.39 bits per heavy atom. The minimum absolute atomic E-state index is 0.278. The van der Waals surface area contributed by atoms with Crippen molar-refractivity contribution < 1.29 is 0 Å². The summed E-state index contributed by atoms with van der Waals surface area (Å²) in [6.07, 6.45) is 0. The van der Waals surface area contributed by atoms with Gasteiger partial charge < -0.3 is 10.2 Å². The summed E-state index contributed by atoms with van der Waals surface area (Å²) >= 11 is 7.62. The molecule has 0 radical (unpaired) electrons. The molecule has 0 bridgehead atoms. The van der Waals surface area contributed by atoms with Gasteiger partial charge in [-0.2, -0.15) is 0 Å². The molecule has 0 aromatic carbocycles. The number of thiophene rings is 1. The van der Waals surface area contributed by atoms with Crippen LogP contribution in [0.3, 0.4) is 0 Å². The van der Waals surface area contributed by atoms with E-state index in [0.29, 0.717) is 6.04 Å². The number of nitrogens with zero attached hydrogens (tertiary/aromatic N) is 1. The highest BCUT2D eigenvalue weighted by Gasteiger charge is 2.20. The molecule has 0 amide bonds. The first-order chi connectivity index (χ1) is 8.28. The molecule has 0 aliphatic heterocycles. The molecule has 1 aromatic heterocycles. The van der Waals surface area contributed by atoms with E-state index < -0.39 is 0 Å². The molecule has 0 aliphatic rings. The largest absolute Gasteiger partial charge is 0.314 e. The summed E-state index contributed by atoms with van der Waals surface area (Å²) in [7, 11) is 2.17. The highest BCUT2D eigenvalue weighted by Crippen LogP contribution is 2.23. The minimum atomic E-state index is 0.278. The molecule has 104 valence electrons. The van der Waals surface area contributed by atoms with Gasteiger partial charge in [-0.1, -0.05) is 39.3 Å². The molecule has 4 heteroatoms. The quantitative estimate of drug-likeness (QED) is 0.820. The number of nitrogens with one attached hydrogen (secondary N) is 1. The topological polar surface area (TPSA) is 15.3 Å². The molecule has 0 saturated carbocycles. The van der Waals surface area contributed by atoms with E-state index in [1.165, 1.54) is 4.88 Å². The zero-order valence-corrected chi connectivity index (χ0v) is 13.7. The van der Waals surface area contributed by atoms with Crippen LogP contribution in [-0.4, -0.2) is 31.1 Å². The smallest absolute Gasteiger partial charge is 0.0931 e. The van der Waals surface area contributed by atoms with Gasteiger partial charge in [0.15, 0.2) is 0 Å². The number of hydrogen-bond acceptors (Lipinski definition) is 3. The van der Waals surface area contributed by atoms with Crippen molar-refractivity contribution >= 4 is 22.9 Å². The maximum atomic E-state index is 5.95. The van der Waals surface area contributed by atoms with Gasteiger partial charge in [-0.05, 0) is 24.6 Å². The van der Waals surface area contributed by atoms with Gasteiger partial charge in [-0.15, -0.1) is 11.3 Å². The van der Waals surface area contributed by atoms with Crippen LogP contribution in [0.2, 0.25) is 4.34 Å². The number of halogens is 1. The van der Waals surface area contributed by atoms with Crippen LogP contribution in [0.15, 0.2) is 12.1 Å². The van der Waals surface area contributed by atoms with Crippen molar-refractivity contribution in [3.8, 4) is 0 Å². The maximum absolute atomic E-state index is 5.95. The zero-order chi connectivity index (χ0) is 13.8. The lowest BCUT2D eigenvalue weighted by atomic mass is 9.92. The van der Waals surface area contributed by atoms with Crippen molar-refractivity contribution in [2.75, 3.05) is 20.1 Å². The van der Waals surface area contributed by atoms with Crippen molar-refractivity contribution in [1.29, 1.82) is 0 Å². The summed E-state index contributed by atoms with van der Waals surface area (Å²) in [5, 5.41) is 3.51. The summed E-state index contributed by atoms with van der Waals surface area (Å²) in [6.45, 7) is 12.1. The lowest BCUT2D eigenvalue weighted by Crippen LogP contribution is -2.40. The van der Waals surface area contributed by atoms with Gasteiger partial charge in [0.2, 0.25) is 0 Å². The second-order valence-corrected chi connectivity index (χ2v) is 7.88. The Labute approximate surface area is 120 Å². The zero-order valence-electron chi connectivity index (χ0n) is 12.1. The molecule has 0 aliphatic carbocycles. The predicted molar refractivity (Wildman–Crippen MR) is 82.6 cm³/mol. The fourth-order valence-corrected chi connectivity index (χ4v) is 3.19. The normalized spacial score (nSPS) is 12.7. The van der Waals surface area contributed by atoms with Crippen molar-refractivity contribution in [2.45, 2.75) is 40.3 Å². The minimum Gasteiger partial charge on any atom is -0.314 e. The number of rotatable bonds is 7. The highest BCUT2D eigenvalue weighted by molar-refractivity contribution is 7.16. The molecule has 18 heavy (non-hydrogen) atoms. The molecule has 0 saturated heterocycles. The van der Waals surface area contributed by atoms with E-state index in [9.17, 15) is 0 Å². The standard InChI is InChI=1S/C14H25ClN2S/c1-11(2)16-9-14(3,4)10-17(5)8-12-6-7-13(15)18-12/h6-7,11,16H,8-10H2,1-5H3. The first kappa shape index (κ1) is 16.0. The molecule has 1 N–H and O–H groups in total. The third kappa shape index (κ3) is 6.19. The molecular formula is C14H25ClN2S. The van der Waals surface area contributed by atoms with Crippen molar-refractivity contribution in [2.24, 2.45) is 5.41 Å². The van der Waals surface area contributed by atoms with E-state index in [4.69, 9.17) is 11.6 Å². The Hall–Kier alpha value is -0.0900. The molecular weight excluding hydrogens is 264 g/mol. The molecule has 1 aromatic rings. The van der Waals surface area contributed by atoms with Crippen LogP contribution in [0.1, 0.15) is 32.6 Å². The average molecular weight is 289 g/mol. The molecule has 0 spiro atoms. The molecule has 0 unspecified atom stereocenters. The third-order valence-electron chi connectivity index (χ3n) is 2.74. The van der Waals surface area contributed by atoms with Gasteiger partial charge in [-0.25, -0.2) is 0 Å². The summed E-state index contributed by atoms with van der Waals surface area (Å²) in [5.41, 5.74) is 0.278. The van der Waals surface area contributed by atoms with Gasteiger partial charge in [0.05, 0.1) is 4.34 Å². The van der Waals surface area contributed by atoms with E-state index in [-0.39, 0.29) is 5.41 Å². The second kappa shape index (κ2) is 6.90. The van der Waals surface area contributed by atoms with E-state index in [1.807, 2.05) is 6.07 Å². The SMILES string of the molecule is CC(C)NCC(C)(C)CN(C)Cc1ccc(Cl)s1. The van der Waals surface area contributed by atoms with E-state index in [2.05, 4.69) is 51.0 Å². The first-order valence-corrected chi connectivity index (χ1v) is 7.64. The van der Waals surface area contributed by atoms with Crippen LogP contribution in [0, 0.1) is 5.41 Å². The van der Waals surface area contributed by atoms with Gasteiger partial charge >= 0.3 is 0 Å². The maximum Gasteiger partial charge on any atom is 0.0931 e. The van der Waals surface area contributed by atoms with Crippen molar-refractivity contribution in [1.82, 2.24) is 10.2 Å². The molecule has 2 nitrogen and oxygen atoms in total. The molecule has 1 rings (SSSR count). The van der Waals surface area contributed by atoms with Crippen LogP contribution in [0.25, 0.3) is 0 Å². The Bertz CT molecular complexity index is 360. The summed E-state index contributed by atoms with van der Waals surface area (Å²) in [6, 6.07) is 4.63.